The third kappa shape index (κ3) is 6.40. The normalized spacial score (nSPS) is 14.8. The van der Waals surface area contributed by atoms with E-state index in [-0.39, 0.29) is 31.8 Å². The van der Waals surface area contributed by atoms with E-state index in [0.29, 0.717) is 23.0 Å². The summed E-state index contributed by atoms with van der Waals surface area (Å²) in [6, 6.07) is 21.9. The lowest BCUT2D eigenvalue weighted by molar-refractivity contribution is -0.198. The van der Waals surface area contributed by atoms with Crippen LogP contribution in [0.25, 0.3) is 11.1 Å². The van der Waals surface area contributed by atoms with Crippen LogP contribution in [0, 0.1) is 0 Å². The second kappa shape index (κ2) is 12.7. The molecule has 1 aliphatic heterocycles. The van der Waals surface area contributed by atoms with Gasteiger partial charge in [-0.3, -0.25) is 9.59 Å². The zero-order chi connectivity index (χ0) is 28.8. The van der Waals surface area contributed by atoms with Crippen molar-refractivity contribution in [2.75, 3.05) is 13.2 Å². The number of hydrogen-bond acceptors (Lipinski definition) is 7. The van der Waals surface area contributed by atoms with E-state index in [1.807, 2.05) is 48.5 Å². The molecule has 3 amide bonds. The van der Waals surface area contributed by atoms with Crippen LogP contribution in [-0.4, -0.2) is 48.2 Å². The van der Waals surface area contributed by atoms with Gasteiger partial charge in [0.15, 0.2) is 0 Å². The van der Waals surface area contributed by atoms with Crippen LogP contribution in [0.4, 0.5) is 4.79 Å². The Morgan fingerprint density at radius 1 is 0.902 bits per heavy atom. The van der Waals surface area contributed by atoms with Gasteiger partial charge in [-0.25, -0.2) is 9.59 Å². The molecule has 1 fully saturated rings. The van der Waals surface area contributed by atoms with Crippen molar-refractivity contribution in [2.24, 2.45) is 0 Å². The zero-order valence-corrected chi connectivity index (χ0v) is 22.8. The Labute approximate surface area is 238 Å². The van der Waals surface area contributed by atoms with E-state index in [2.05, 4.69) is 12.2 Å². The molecule has 1 atom stereocenters. The highest BCUT2D eigenvalue weighted by atomic mass is 16.7. The predicted molar refractivity (Wildman–Crippen MR) is 150 cm³/mol. The van der Waals surface area contributed by atoms with Crippen molar-refractivity contribution < 1.29 is 33.5 Å². The highest BCUT2D eigenvalue weighted by Crippen LogP contribution is 2.44. The average Bonchev–Trinajstić information content (AvgIpc) is 3.48. The summed E-state index contributed by atoms with van der Waals surface area (Å²) < 4.78 is 11.3. The first kappa shape index (κ1) is 27.9. The molecule has 3 aromatic carbocycles. The number of carbonyl (C=O) groups is 4. The molecule has 1 heterocycles. The fourth-order valence-electron chi connectivity index (χ4n) is 5.08. The van der Waals surface area contributed by atoms with Gasteiger partial charge in [0.25, 0.3) is 11.8 Å². The number of amides is 3. The number of imide groups is 1. The maximum absolute atomic E-state index is 13.1. The topological polar surface area (TPSA) is 111 Å². The summed E-state index contributed by atoms with van der Waals surface area (Å²) in [4.78, 5) is 55.3. The first-order chi connectivity index (χ1) is 19.9. The fraction of sp³-hybridized carbons (Fsp3) is 0.312. The van der Waals surface area contributed by atoms with E-state index in [4.69, 9.17) is 14.3 Å². The van der Waals surface area contributed by atoms with Gasteiger partial charge in [0.2, 0.25) is 0 Å². The fourth-order valence-corrected chi connectivity index (χ4v) is 5.08. The van der Waals surface area contributed by atoms with Gasteiger partial charge in [0.05, 0.1) is 6.61 Å². The van der Waals surface area contributed by atoms with Gasteiger partial charge in [-0.1, -0.05) is 74.0 Å². The van der Waals surface area contributed by atoms with Crippen LogP contribution >= 0.6 is 0 Å². The van der Waals surface area contributed by atoms with Gasteiger partial charge in [-0.2, -0.15) is 0 Å². The van der Waals surface area contributed by atoms with Crippen LogP contribution in [0.15, 0.2) is 72.8 Å². The number of ether oxygens (including phenoxy) is 2. The minimum atomic E-state index is -1.21. The van der Waals surface area contributed by atoms with E-state index < -0.39 is 29.9 Å². The molecule has 212 valence electrons. The molecule has 2 aliphatic rings. The van der Waals surface area contributed by atoms with Crippen molar-refractivity contribution in [3.8, 4) is 16.9 Å². The third-order valence-electron chi connectivity index (χ3n) is 7.24. The number of alkyl carbamates (subject to hydrolysis) is 1. The van der Waals surface area contributed by atoms with Gasteiger partial charge in [0, 0.05) is 25.2 Å². The van der Waals surface area contributed by atoms with Crippen molar-refractivity contribution in [1.82, 2.24) is 10.4 Å². The maximum Gasteiger partial charge on any atom is 0.407 e. The number of rotatable bonds is 11. The second-order valence-electron chi connectivity index (χ2n) is 10.1. The molecule has 1 N–H and O–H groups in total. The SMILES string of the molecule is CCCCOc1ccc(C[C@@H](NC(=O)OCC2c3ccccc3-c3ccccc32)C(=O)ON2C(=O)CCC2=O)cc1. The summed E-state index contributed by atoms with van der Waals surface area (Å²) in [6.07, 6.45) is 1.13. The Bertz CT molecular complexity index is 1370. The Morgan fingerprint density at radius 3 is 2.12 bits per heavy atom. The van der Waals surface area contributed by atoms with Crippen LogP contribution < -0.4 is 10.1 Å². The summed E-state index contributed by atoms with van der Waals surface area (Å²) in [7, 11) is 0. The Kier molecular flexibility index (Phi) is 8.62. The number of hydrogen-bond donors (Lipinski definition) is 1. The van der Waals surface area contributed by atoms with Crippen molar-refractivity contribution in [1.29, 1.82) is 0 Å². The molecule has 3 aromatic rings. The predicted octanol–water partition coefficient (Wildman–Crippen LogP) is 4.92. The number of unbranched alkanes of at least 4 members (excludes halogenated alkanes) is 1. The monoisotopic (exact) mass is 556 g/mol. The molecular formula is C32H32N2O7. The minimum Gasteiger partial charge on any atom is -0.494 e. The maximum atomic E-state index is 13.1. The second-order valence-corrected chi connectivity index (χ2v) is 10.1. The molecule has 0 aromatic heterocycles. The first-order valence-corrected chi connectivity index (χ1v) is 13.9. The largest absolute Gasteiger partial charge is 0.494 e. The zero-order valence-electron chi connectivity index (χ0n) is 22.8. The van der Waals surface area contributed by atoms with E-state index in [9.17, 15) is 19.2 Å². The van der Waals surface area contributed by atoms with Crippen LogP contribution in [0.1, 0.15) is 55.2 Å². The molecule has 9 nitrogen and oxygen atoms in total. The Morgan fingerprint density at radius 2 is 1.51 bits per heavy atom. The molecule has 0 bridgehead atoms. The summed E-state index contributed by atoms with van der Waals surface area (Å²) in [5, 5.41) is 3.05. The highest BCUT2D eigenvalue weighted by molar-refractivity contribution is 6.02. The smallest absolute Gasteiger partial charge is 0.407 e. The Balaban J connectivity index is 1.27. The van der Waals surface area contributed by atoms with Gasteiger partial charge < -0.3 is 19.6 Å². The highest BCUT2D eigenvalue weighted by Gasteiger charge is 2.36. The van der Waals surface area contributed by atoms with Crippen molar-refractivity contribution in [3.63, 3.8) is 0 Å². The molecule has 1 aliphatic carbocycles. The van der Waals surface area contributed by atoms with Gasteiger partial charge >= 0.3 is 12.1 Å². The van der Waals surface area contributed by atoms with Crippen molar-refractivity contribution in [2.45, 2.75) is 51.0 Å². The quantitative estimate of drug-likeness (QED) is 0.264. The average molecular weight is 557 g/mol. The standard InChI is InChI=1S/C32H32N2O7/c1-2-3-18-39-22-14-12-21(13-15-22)19-28(31(37)41-34-29(35)16-17-30(34)36)33-32(38)40-20-27-25-10-6-4-8-23(25)24-9-5-7-11-26(24)27/h4-15,27-28H,2-3,16-20H2,1H3,(H,33,38)/t28-/m1/s1. The van der Waals surface area contributed by atoms with E-state index in [1.165, 1.54) is 0 Å². The molecule has 0 saturated carbocycles. The number of fused-ring (bicyclic) bond motifs is 3. The van der Waals surface area contributed by atoms with E-state index in [0.717, 1.165) is 35.1 Å². The van der Waals surface area contributed by atoms with Crippen LogP contribution in [-0.2, 0) is 30.4 Å². The molecule has 0 spiro atoms. The van der Waals surface area contributed by atoms with Gasteiger partial charge in [0.1, 0.15) is 18.4 Å². The third-order valence-corrected chi connectivity index (χ3v) is 7.24. The molecule has 0 radical (unpaired) electrons. The summed E-state index contributed by atoms with van der Waals surface area (Å²) in [5.74, 6) is -1.60. The number of benzene rings is 3. The molecule has 5 rings (SSSR count). The molecule has 41 heavy (non-hydrogen) atoms. The summed E-state index contributed by atoms with van der Waals surface area (Å²) >= 11 is 0. The lowest BCUT2D eigenvalue weighted by Crippen LogP contribution is -2.46. The molecule has 1 saturated heterocycles. The summed E-state index contributed by atoms with van der Waals surface area (Å²) in [6.45, 7) is 2.75. The molecule has 0 unspecified atom stereocenters. The number of carbonyl (C=O) groups excluding carboxylic acids is 4. The van der Waals surface area contributed by atoms with Crippen LogP contribution in [0.5, 0.6) is 5.75 Å². The lowest BCUT2D eigenvalue weighted by Gasteiger charge is -2.21. The lowest BCUT2D eigenvalue weighted by atomic mass is 9.98. The Hall–Kier alpha value is -4.66. The van der Waals surface area contributed by atoms with Crippen molar-refractivity contribution in [3.05, 3.63) is 89.5 Å². The van der Waals surface area contributed by atoms with E-state index >= 15 is 0 Å². The van der Waals surface area contributed by atoms with Crippen LogP contribution in [0.2, 0.25) is 0 Å². The van der Waals surface area contributed by atoms with Gasteiger partial charge in [-0.15, -0.1) is 5.06 Å². The summed E-state index contributed by atoms with van der Waals surface area (Å²) in [5.41, 5.74) is 5.03. The van der Waals surface area contributed by atoms with E-state index in [1.54, 1.807) is 24.3 Å². The van der Waals surface area contributed by atoms with Crippen LogP contribution in [0.3, 0.4) is 0 Å². The van der Waals surface area contributed by atoms with Crippen molar-refractivity contribution >= 4 is 23.9 Å². The minimum absolute atomic E-state index is 0.0317. The van der Waals surface area contributed by atoms with Gasteiger partial charge in [-0.05, 0) is 46.4 Å². The number of hydroxylamine groups is 2. The number of nitrogens with one attached hydrogen (secondary N) is 1. The molecule has 9 heteroatoms. The molecular weight excluding hydrogens is 524 g/mol. The number of nitrogens with zero attached hydrogens (tertiary/aromatic N) is 1. The first-order valence-electron chi connectivity index (χ1n) is 13.9.